The molecular weight excluding hydrogens is 292 g/mol. The van der Waals surface area contributed by atoms with Crippen LogP contribution in [-0.2, 0) is 16.6 Å². The largest absolute Gasteiger partial charge is 0.326 e. The third-order valence-electron chi connectivity index (χ3n) is 3.94. The van der Waals surface area contributed by atoms with Crippen molar-refractivity contribution in [3.05, 3.63) is 15.8 Å². The molecule has 1 aliphatic rings. The van der Waals surface area contributed by atoms with E-state index in [0.717, 1.165) is 29.0 Å². The van der Waals surface area contributed by atoms with Crippen molar-refractivity contribution < 1.29 is 8.42 Å². The van der Waals surface area contributed by atoms with Gasteiger partial charge in [0.15, 0.2) is 0 Å². The summed E-state index contributed by atoms with van der Waals surface area (Å²) in [5.41, 5.74) is 5.81. The summed E-state index contributed by atoms with van der Waals surface area (Å²) in [5.74, 6) is 0. The van der Waals surface area contributed by atoms with Gasteiger partial charge in [-0.15, -0.1) is 11.3 Å². The first-order chi connectivity index (χ1) is 9.23. The summed E-state index contributed by atoms with van der Waals surface area (Å²) in [7, 11) is -3.43. The fourth-order valence-electron chi connectivity index (χ4n) is 2.97. The molecule has 1 fully saturated rings. The van der Waals surface area contributed by atoms with Crippen LogP contribution in [0.15, 0.2) is 11.0 Å². The van der Waals surface area contributed by atoms with Crippen LogP contribution in [0, 0.1) is 12.3 Å². The number of nitrogens with one attached hydrogen (secondary N) is 1. The predicted molar refractivity (Wildman–Crippen MR) is 83.3 cm³/mol. The maximum atomic E-state index is 12.5. The van der Waals surface area contributed by atoms with Gasteiger partial charge in [0, 0.05) is 22.3 Å². The molecule has 20 heavy (non-hydrogen) atoms. The average Bonchev–Trinajstić information content (AvgIpc) is 2.69. The summed E-state index contributed by atoms with van der Waals surface area (Å²) in [4.78, 5) is 2.12. The molecule has 0 aromatic carbocycles. The molecule has 0 aliphatic heterocycles. The van der Waals surface area contributed by atoms with Crippen molar-refractivity contribution in [3.63, 3.8) is 0 Å². The van der Waals surface area contributed by atoms with Gasteiger partial charge in [-0.3, -0.25) is 0 Å². The number of sulfonamides is 1. The molecule has 3 N–H and O–H groups in total. The number of nitrogens with two attached hydrogens (primary N) is 1. The first kappa shape index (κ1) is 15.9. The van der Waals surface area contributed by atoms with E-state index in [1.165, 1.54) is 17.8 Å². The van der Waals surface area contributed by atoms with Crippen LogP contribution in [0.4, 0.5) is 0 Å². The van der Waals surface area contributed by atoms with Gasteiger partial charge in [-0.25, -0.2) is 13.1 Å². The van der Waals surface area contributed by atoms with E-state index in [1.807, 2.05) is 6.92 Å². The monoisotopic (exact) mass is 316 g/mol. The Morgan fingerprint density at radius 2 is 2.20 bits per heavy atom. The molecule has 1 saturated carbocycles. The standard InChI is InChI=1S/C14H24N2O2S2/c1-10-13(7-12(9-15)19-10)20(17,18)16-11-5-4-6-14(2,3)8-11/h7,11,16H,4-6,8-9,15H2,1-3H3. The van der Waals surface area contributed by atoms with Crippen LogP contribution in [0.5, 0.6) is 0 Å². The lowest BCUT2D eigenvalue weighted by Crippen LogP contribution is -2.40. The third-order valence-corrected chi connectivity index (χ3v) is 6.79. The molecule has 4 nitrogen and oxygen atoms in total. The van der Waals surface area contributed by atoms with Crippen LogP contribution in [0.2, 0.25) is 0 Å². The first-order valence-corrected chi connectivity index (χ1v) is 9.35. The predicted octanol–water partition coefficient (Wildman–Crippen LogP) is 2.76. The van der Waals surface area contributed by atoms with Gasteiger partial charge in [0.05, 0.1) is 4.90 Å². The molecule has 0 bridgehead atoms. The third kappa shape index (κ3) is 3.61. The Labute approximate surface area is 125 Å². The Hall–Kier alpha value is -0.430. The Bertz CT molecular complexity index is 576. The number of aryl methyl sites for hydroxylation is 1. The summed E-state index contributed by atoms with van der Waals surface area (Å²) < 4.78 is 27.9. The molecule has 6 heteroatoms. The lowest BCUT2D eigenvalue weighted by molar-refractivity contribution is 0.212. The molecule has 0 amide bonds. The number of hydrogen-bond donors (Lipinski definition) is 2. The topological polar surface area (TPSA) is 72.2 Å². The lowest BCUT2D eigenvalue weighted by atomic mass is 9.75. The van der Waals surface area contributed by atoms with E-state index in [4.69, 9.17) is 5.73 Å². The molecule has 1 atom stereocenters. The van der Waals surface area contributed by atoms with Gasteiger partial charge in [-0.2, -0.15) is 0 Å². The van der Waals surface area contributed by atoms with Crippen LogP contribution in [-0.4, -0.2) is 14.5 Å². The van der Waals surface area contributed by atoms with E-state index in [-0.39, 0.29) is 11.5 Å². The van der Waals surface area contributed by atoms with E-state index >= 15 is 0 Å². The van der Waals surface area contributed by atoms with Gasteiger partial charge < -0.3 is 5.73 Å². The molecular formula is C14H24N2O2S2. The van der Waals surface area contributed by atoms with E-state index in [0.29, 0.717) is 11.4 Å². The van der Waals surface area contributed by atoms with Crippen molar-refractivity contribution in [2.24, 2.45) is 11.1 Å². The van der Waals surface area contributed by atoms with Gasteiger partial charge in [-0.1, -0.05) is 20.3 Å². The quantitative estimate of drug-likeness (QED) is 0.897. The van der Waals surface area contributed by atoms with Gasteiger partial charge in [0.1, 0.15) is 0 Å². The zero-order chi connectivity index (χ0) is 15.0. The molecule has 0 spiro atoms. The minimum atomic E-state index is -3.43. The minimum Gasteiger partial charge on any atom is -0.326 e. The van der Waals surface area contributed by atoms with Crippen molar-refractivity contribution in [2.75, 3.05) is 0 Å². The highest BCUT2D eigenvalue weighted by Gasteiger charge is 2.31. The van der Waals surface area contributed by atoms with Crippen molar-refractivity contribution in [1.82, 2.24) is 4.72 Å². The van der Waals surface area contributed by atoms with Crippen LogP contribution >= 0.6 is 11.3 Å². The molecule has 1 aromatic rings. The number of thiophene rings is 1. The molecule has 1 unspecified atom stereocenters. The summed E-state index contributed by atoms with van der Waals surface area (Å²) in [6.45, 7) is 6.63. The van der Waals surface area contributed by atoms with Crippen LogP contribution in [0.25, 0.3) is 0 Å². The van der Waals surface area contributed by atoms with Crippen molar-refractivity contribution in [3.8, 4) is 0 Å². The van der Waals surface area contributed by atoms with Crippen molar-refractivity contribution in [2.45, 2.75) is 63.9 Å². The van der Waals surface area contributed by atoms with Crippen LogP contribution in [0.1, 0.15) is 49.3 Å². The Morgan fingerprint density at radius 1 is 1.50 bits per heavy atom. The maximum Gasteiger partial charge on any atom is 0.241 e. The SMILES string of the molecule is Cc1sc(CN)cc1S(=O)(=O)NC1CCCC(C)(C)C1. The van der Waals surface area contributed by atoms with E-state index < -0.39 is 10.0 Å². The zero-order valence-electron chi connectivity index (χ0n) is 12.4. The van der Waals surface area contributed by atoms with Gasteiger partial charge in [-0.05, 0) is 37.7 Å². The van der Waals surface area contributed by atoms with Crippen molar-refractivity contribution in [1.29, 1.82) is 0 Å². The lowest BCUT2D eigenvalue weighted by Gasteiger charge is -2.35. The van der Waals surface area contributed by atoms with Gasteiger partial charge >= 0.3 is 0 Å². The second-order valence-electron chi connectivity index (χ2n) is 6.42. The molecule has 114 valence electrons. The van der Waals surface area contributed by atoms with E-state index in [2.05, 4.69) is 18.6 Å². The van der Waals surface area contributed by atoms with Gasteiger partial charge in [0.2, 0.25) is 10.0 Å². The Kier molecular flexibility index (Phi) is 4.59. The molecule has 0 radical (unpaired) electrons. The zero-order valence-corrected chi connectivity index (χ0v) is 14.0. The maximum absolute atomic E-state index is 12.5. The minimum absolute atomic E-state index is 0.0457. The molecule has 1 aromatic heterocycles. The summed E-state index contributed by atoms with van der Waals surface area (Å²) >= 11 is 1.46. The Balaban J connectivity index is 2.16. The van der Waals surface area contributed by atoms with Gasteiger partial charge in [0.25, 0.3) is 0 Å². The van der Waals surface area contributed by atoms with Crippen LogP contribution in [0.3, 0.4) is 0 Å². The van der Waals surface area contributed by atoms with E-state index in [9.17, 15) is 8.42 Å². The summed E-state index contributed by atoms with van der Waals surface area (Å²) in [5, 5.41) is 0. The van der Waals surface area contributed by atoms with Crippen LogP contribution < -0.4 is 10.5 Å². The molecule has 2 rings (SSSR count). The first-order valence-electron chi connectivity index (χ1n) is 7.05. The highest BCUT2D eigenvalue weighted by molar-refractivity contribution is 7.89. The fraction of sp³-hybridized carbons (Fsp3) is 0.714. The number of rotatable bonds is 4. The summed E-state index contributed by atoms with van der Waals surface area (Å²) in [6.07, 6.45) is 4.08. The second kappa shape index (κ2) is 5.75. The average molecular weight is 316 g/mol. The highest BCUT2D eigenvalue weighted by Crippen LogP contribution is 2.36. The molecule has 1 aliphatic carbocycles. The van der Waals surface area contributed by atoms with E-state index in [1.54, 1.807) is 6.07 Å². The summed E-state index contributed by atoms with van der Waals surface area (Å²) in [6, 6.07) is 1.75. The molecule has 0 saturated heterocycles. The fourth-order valence-corrected chi connectivity index (χ4v) is 5.76. The van der Waals surface area contributed by atoms with Crippen molar-refractivity contribution >= 4 is 21.4 Å². The normalized spacial score (nSPS) is 22.9. The number of hydrogen-bond acceptors (Lipinski definition) is 4. The second-order valence-corrected chi connectivity index (χ2v) is 9.44. The Morgan fingerprint density at radius 3 is 2.75 bits per heavy atom. The highest BCUT2D eigenvalue weighted by atomic mass is 32.2. The smallest absolute Gasteiger partial charge is 0.241 e. The molecule has 1 heterocycles.